The summed E-state index contributed by atoms with van der Waals surface area (Å²) >= 11 is 0. The lowest BCUT2D eigenvalue weighted by Gasteiger charge is -2.19. The zero-order valence-electron chi connectivity index (χ0n) is 10.6. The number of pyridine rings is 1. The molecule has 0 fully saturated rings. The molecule has 1 unspecified atom stereocenters. The van der Waals surface area contributed by atoms with Crippen LogP contribution in [0.2, 0.25) is 0 Å². The number of aromatic nitrogens is 1. The second kappa shape index (κ2) is 5.48. The summed E-state index contributed by atoms with van der Waals surface area (Å²) in [5.41, 5.74) is 1.46. The van der Waals surface area contributed by atoms with Crippen LogP contribution in [0, 0.1) is 6.92 Å². The molecule has 0 saturated heterocycles. The predicted octanol–water partition coefficient (Wildman–Crippen LogP) is 3.36. The van der Waals surface area contributed by atoms with Gasteiger partial charge in [-0.2, -0.15) is 13.2 Å². The number of aryl methyl sites for hydroxylation is 1. The smallest absolute Gasteiger partial charge is 0.399 e. The normalized spacial score (nSPS) is 13.2. The molecule has 0 saturated carbocycles. The van der Waals surface area contributed by atoms with Gasteiger partial charge in [0.25, 0.3) is 6.47 Å². The number of ether oxygens (including phenoxy) is 1. The van der Waals surface area contributed by atoms with Crippen LogP contribution in [0.15, 0.2) is 30.5 Å². The van der Waals surface area contributed by atoms with E-state index in [0.717, 1.165) is 5.56 Å². The Morgan fingerprint density at radius 1 is 1.40 bits per heavy atom. The van der Waals surface area contributed by atoms with E-state index in [2.05, 4.69) is 9.72 Å². The van der Waals surface area contributed by atoms with Crippen molar-refractivity contribution in [3.63, 3.8) is 0 Å². The van der Waals surface area contributed by atoms with Crippen molar-refractivity contribution >= 4 is 17.4 Å². The summed E-state index contributed by atoms with van der Waals surface area (Å²) in [4.78, 5) is 14.2. The van der Waals surface area contributed by atoms with Gasteiger partial charge in [-0.1, -0.05) is 12.1 Å². The Morgan fingerprint density at radius 3 is 2.80 bits per heavy atom. The van der Waals surface area contributed by atoms with Gasteiger partial charge in [0, 0.05) is 11.6 Å². The number of halogens is 3. The lowest BCUT2D eigenvalue weighted by atomic mass is 9.98. The Hall–Kier alpha value is -2.11. The van der Waals surface area contributed by atoms with Crippen molar-refractivity contribution in [2.45, 2.75) is 19.0 Å². The Balaban J connectivity index is 2.48. The molecule has 3 nitrogen and oxygen atoms in total. The molecule has 0 N–H and O–H groups in total. The molecule has 0 amide bonds. The second-order valence-corrected chi connectivity index (χ2v) is 4.43. The lowest BCUT2D eigenvalue weighted by molar-refractivity contribution is -0.164. The van der Waals surface area contributed by atoms with Crippen molar-refractivity contribution in [3.8, 4) is 0 Å². The molecule has 1 aromatic carbocycles. The Bertz CT molecular complexity index is 625. The fourth-order valence-electron chi connectivity index (χ4n) is 2.02. The van der Waals surface area contributed by atoms with Gasteiger partial charge >= 0.3 is 6.18 Å². The van der Waals surface area contributed by atoms with E-state index in [1.807, 2.05) is 0 Å². The number of fused-ring (bicyclic) bond motifs is 1. The highest BCUT2D eigenvalue weighted by Gasteiger charge is 2.41. The van der Waals surface area contributed by atoms with E-state index in [0.29, 0.717) is 10.9 Å². The van der Waals surface area contributed by atoms with E-state index in [4.69, 9.17) is 0 Å². The number of hydrogen-bond donors (Lipinski definition) is 0. The van der Waals surface area contributed by atoms with Crippen molar-refractivity contribution < 1.29 is 22.7 Å². The average Bonchev–Trinajstić information content (AvgIpc) is 2.38. The summed E-state index contributed by atoms with van der Waals surface area (Å²) in [6.07, 6.45) is -3.32. The summed E-state index contributed by atoms with van der Waals surface area (Å²) in [7, 11) is 0. The zero-order valence-corrected chi connectivity index (χ0v) is 10.6. The molecule has 1 heterocycles. The van der Waals surface area contributed by atoms with Crippen molar-refractivity contribution in [1.29, 1.82) is 0 Å². The van der Waals surface area contributed by atoms with Crippen LogP contribution in [-0.2, 0) is 9.53 Å². The number of hydrogen-bond acceptors (Lipinski definition) is 3. The molecular formula is C14H12F3NO2. The van der Waals surface area contributed by atoms with Gasteiger partial charge < -0.3 is 4.74 Å². The minimum atomic E-state index is -4.50. The van der Waals surface area contributed by atoms with Gasteiger partial charge in [0.05, 0.1) is 5.52 Å². The summed E-state index contributed by atoms with van der Waals surface area (Å²) in [6.45, 7) is 1.07. The molecule has 2 rings (SSSR count). The molecule has 6 heteroatoms. The number of carbonyl (C=O) groups is 1. The van der Waals surface area contributed by atoms with Gasteiger partial charge in [0.1, 0.15) is 12.5 Å². The maximum atomic E-state index is 13.0. The third-order valence-corrected chi connectivity index (χ3v) is 3.09. The number of carbonyl (C=O) groups excluding carboxylic acids is 1. The molecule has 0 radical (unpaired) electrons. The first-order valence-corrected chi connectivity index (χ1v) is 5.90. The first-order valence-electron chi connectivity index (χ1n) is 5.90. The van der Waals surface area contributed by atoms with Crippen molar-refractivity contribution in [2.24, 2.45) is 0 Å². The van der Waals surface area contributed by atoms with Crippen LogP contribution in [-0.4, -0.2) is 24.2 Å². The monoisotopic (exact) mass is 283 g/mol. The van der Waals surface area contributed by atoms with Gasteiger partial charge in [0.15, 0.2) is 0 Å². The SMILES string of the molecule is Cc1cccc2ncc(C(COC=O)C(F)(F)F)cc12. The number of rotatable bonds is 4. The summed E-state index contributed by atoms with van der Waals surface area (Å²) in [6, 6.07) is 6.78. The van der Waals surface area contributed by atoms with Gasteiger partial charge in [-0.25, -0.2) is 0 Å². The Labute approximate surface area is 113 Å². The number of nitrogens with zero attached hydrogens (tertiary/aromatic N) is 1. The predicted molar refractivity (Wildman–Crippen MR) is 67.3 cm³/mol. The van der Waals surface area contributed by atoms with Gasteiger partial charge in [-0.3, -0.25) is 9.78 Å². The van der Waals surface area contributed by atoms with Crippen LogP contribution in [0.1, 0.15) is 17.0 Å². The zero-order chi connectivity index (χ0) is 14.8. The third kappa shape index (κ3) is 2.89. The average molecular weight is 283 g/mol. The minimum absolute atomic E-state index is 0.0124. The quantitative estimate of drug-likeness (QED) is 0.808. The fraction of sp³-hybridized carbons (Fsp3) is 0.286. The van der Waals surface area contributed by atoms with Gasteiger partial charge in [-0.05, 0) is 30.2 Å². The third-order valence-electron chi connectivity index (χ3n) is 3.09. The molecule has 0 aliphatic carbocycles. The van der Waals surface area contributed by atoms with Crippen molar-refractivity contribution in [1.82, 2.24) is 4.98 Å². The fourth-order valence-corrected chi connectivity index (χ4v) is 2.02. The Morgan fingerprint density at radius 2 is 2.15 bits per heavy atom. The van der Waals surface area contributed by atoms with Crippen LogP contribution in [0.25, 0.3) is 10.9 Å². The van der Waals surface area contributed by atoms with Crippen molar-refractivity contribution in [3.05, 3.63) is 41.6 Å². The van der Waals surface area contributed by atoms with Crippen LogP contribution in [0.3, 0.4) is 0 Å². The van der Waals surface area contributed by atoms with E-state index in [1.165, 1.54) is 12.3 Å². The first-order chi connectivity index (χ1) is 9.43. The van der Waals surface area contributed by atoms with E-state index in [-0.39, 0.29) is 12.0 Å². The molecule has 1 atom stereocenters. The van der Waals surface area contributed by atoms with Crippen LogP contribution < -0.4 is 0 Å². The minimum Gasteiger partial charge on any atom is -0.467 e. The second-order valence-electron chi connectivity index (χ2n) is 4.43. The topological polar surface area (TPSA) is 39.2 Å². The number of alkyl halides is 3. The molecule has 0 aliphatic rings. The molecule has 2 aromatic rings. The maximum absolute atomic E-state index is 13.0. The van der Waals surface area contributed by atoms with Gasteiger partial charge in [-0.15, -0.1) is 0 Å². The van der Waals surface area contributed by atoms with E-state index in [1.54, 1.807) is 25.1 Å². The molecule has 106 valence electrons. The van der Waals surface area contributed by atoms with Crippen LogP contribution in [0.4, 0.5) is 13.2 Å². The van der Waals surface area contributed by atoms with E-state index < -0.39 is 18.7 Å². The van der Waals surface area contributed by atoms with Crippen molar-refractivity contribution in [2.75, 3.05) is 6.61 Å². The molecular weight excluding hydrogens is 271 g/mol. The lowest BCUT2D eigenvalue weighted by Crippen LogP contribution is -2.25. The summed E-state index contributed by atoms with van der Waals surface area (Å²) in [5.74, 6) is -1.87. The highest BCUT2D eigenvalue weighted by atomic mass is 19.4. The highest BCUT2D eigenvalue weighted by molar-refractivity contribution is 5.82. The molecule has 0 bridgehead atoms. The summed E-state index contributed by atoms with van der Waals surface area (Å²) in [5, 5.41) is 0.658. The van der Waals surface area contributed by atoms with Crippen LogP contribution >= 0.6 is 0 Å². The molecule has 0 spiro atoms. The largest absolute Gasteiger partial charge is 0.467 e. The summed E-state index contributed by atoms with van der Waals surface area (Å²) < 4.78 is 43.3. The molecule has 1 aromatic heterocycles. The highest BCUT2D eigenvalue weighted by Crippen LogP contribution is 2.35. The van der Waals surface area contributed by atoms with E-state index in [9.17, 15) is 18.0 Å². The van der Waals surface area contributed by atoms with E-state index >= 15 is 0 Å². The van der Waals surface area contributed by atoms with Crippen LogP contribution in [0.5, 0.6) is 0 Å². The standard InChI is InChI=1S/C14H12F3NO2/c1-9-3-2-4-13-11(9)5-10(6-18-13)12(7-20-8-19)14(15,16)17/h2-6,8,12H,7H2,1H3. The molecule has 20 heavy (non-hydrogen) atoms. The first kappa shape index (κ1) is 14.3. The maximum Gasteiger partial charge on any atom is 0.399 e. The Kier molecular flexibility index (Phi) is 3.92. The number of benzene rings is 1. The molecule has 0 aliphatic heterocycles. The van der Waals surface area contributed by atoms with Gasteiger partial charge in [0.2, 0.25) is 0 Å².